The van der Waals surface area contributed by atoms with Gasteiger partial charge < -0.3 is 10.2 Å². The highest BCUT2D eigenvalue weighted by molar-refractivity contribution is 14.0. The Morgan fingerprint density at radius 1 is 1.27 bits per heavy atom. The zero-order valence-corrected chi connectivity index (χ0v) is 16.3. The summed E-state index contributed by atoms with van der Waals surface area (Å²) in [7, 11) is 1.82. The first-order chi connectivity index (χ1) is 9.81. The summed E-state index contributed by atoms with van der Waals surface area (Å²) < 4.78 is 0. The fourth-order valence-electron chi connectivity index (χ4n) is 2.57. The largest absolute Gasteiger partial charge is 0.352 e. The Morgan fingerprint density at radius 2 is 1.86 bits per heavy atom. The van der Waals surface area contributed by atoms with Gasteiger partial charge in [-0.3, -0.25) is 4.99 Å². The molecule has 2 rings (SSSR count). The number of benzene rings is 1. The molecule has 22 heavy (non-hydrogen) atoms. The highest BCUT2D eigenvalue weighted by Gasteiger charge is 2.53. The van der Waals surface area contributed by atoms with E-state index in [0.717, 1.165) is 18.1 Å². The molecule has 120 valence electrons. The van der Waals surface area contributed by atoms with Gasteiger partial charge in [0.2, 0.25) is 0 Å². The van der Waals surface area contributed by atoms with Gasteiger partial charge in [-0.1, -0.05) is 26.0 Å². The van der Waals surface area contributed by atoms with Gasteiger partial charge in [0.15, 0.2) is 5.96 Å². The highest BCUT2D eigenvalue weighted by Crippen LogP contribution is 2.46. The van der Waals surface area contributed by atoms with Gasteiger partial charge in [0, 0.05) is 31.1 Å². The molecule has 1 saturated heterocycles. The molecule has 0 saturated carbocycles. The van der Waals surface area contributed by atoms with E-state index >= 15 is 0 Å². The number of nitrogens with zero attached hydrogens (tertiary/aromatic N) is 3. The van der Waals surface area contributed by atoms with Crippen molar-refractivity contribution in [2.45, 2.75) is 39.8 Å². The van der Waals surface area contributed by atoms with E-state index in [4.69, 9.17) is 5.26 Å². The van der Waals surface area contributed by atoms with Crippen LogP contribution in [0.3, 0.4) is 0 Å². The smallest absolute Gasteiger partial charge is 0.194 e. The van der Waals surface area contributed by atoms with Crippen molar-refractivity contribution in [1.82, 2.24) is 10.2 Å². The number of likely N-dealkylation sites (tertiary alicyclic amines) is 1. The minimum atomic E-state index is 0. The SMILES string of the molecule is CN=C(NCc1ccc(C#N)cc1)N1CC(C)(C)C1(C)C.I. The summed E-state index contributed by atoms with van der Waals surface area (Å²) in [5.74, 6) is 0.934. The molecular formula is C17H25IN4. The van der Waals surface area contributed by atoms with E-state index in [9.17, 15) is 0 Å². The average molecular weight is 412 g/mol. The van der Waals surface area contributed by atoms with E-state index in [1.807, 2.05) is 31.3 Å². The minimum absolute atomic E-state index is 0. The number of hydrogen-bond donors (Lipinski definition) is 1. The molecule has 1 aromatic carbocycles. The number of rotatable bonds is 2. The lowest BCUT2D eigenvalue weighted by molar-refractivity contribution is -0.0667. The van der Waals surface area contributed by atoms with E-state index in [1.165, 1.54) is 0 Å². The van der Waals surface area contributed by atoms with Gasteiger partial charge >= 0.3 is 0 Å². The van der Waals surface area contributed by atoms with Crippen molar-refractivity contribution in [3.63, 3.8) is 0 Å². The Kier molecular flexibility index (Phi) is 5.85. The predicted molar refractivity (Wildman–Crippen MR) is 101 cm³/mol. The molecule has 0 spiro atoms. The van der Waals surface area contributed by atoms with Crippen LogP contribution >= 0.6 is 24.0 Å². The van der Waals surface area contributed by atoms with Gasteiger partial charge in [0.1, 0.15) is 0 Å². The second kappa shape index (κ2) is 6.86. The van der Waals surface area contributed by atoms with Crippen molar-refractivity contribution in [3.8, 4) is 6.07 Å². The van der Waals surface area contributed by atoms with Crippen molar-refractivity contribution in [3.05, 3.63) is 35.4 Å². The second-order valence-corrected chi connectivity index (χ2v) is 6.74. The number of guanidine groups is 1. The molecule has 0 aliphatic carbocycles. The lowest BCUT2D eigenvalue weighted by Gasteiger charge is -2.62. The quantitative estimate of drug-likeness (QED) is 0.461. The van der Waals surface area contributed by atoms with Crippen LogP contribution < -0.4 is 5.32 Å². The number of hydrogen-bond acceptors (Lipinski definition) is 2. The molecule has 1 N–H and O–H groups in total. The Balaban J connectivity index is 0.00000242. The molecular weight excluding hydrogens is 387 g/mol. The Labute approximate surface area is 150 Å². The molecule has 0 atom stereocenters. The van der Waals surface area contributed by atoms with E-state index in [2.05, 4.69) is 49.0 Å². The van der Waals surface area contributed by atoms with Crippen LogP contribution in [0, 0.1) is 16.7 Å². The maximum atomic E-state index is 8.81. The molecule has 4 nitrogen and oxygen atoms in total. The molecule has 0 bridgehead atoms. The number of nitrogens with one attached hydrogen (secondary N) is 1. The Morgan fingerprint density at radius 3 is 2.27 bits per heavy atom. The zero-order valence-electron chi connectivity index (χ0n) is 14.0. The molecule has 0 radical (unpaired) electrons. The lowest BCUT2D eigenvalue weighted by atomic mass is 9.65. The van der Waals surface area contributed by atoms with Gasteiger partial charge in [0.25, 0.3) is 0 Å². The van der Waals surface area contributed by atoms with Gasteiger partial charge in [-0.15, -0.1) is 24.0 Å². The van der Waals surface area contributed by atoms with Gasteiger partial charge in [-0.2, -0.15) is 5.26 Å². The van der Waals surface area contributed by atoms with Crippen LogP contribution in [-0.4, -0.2) is 30.0 Å². The molecule has 0 aromatic heterocycles. The normalized spacial score (nSPS) is 18.7. The van der Waals surface area contributed by atoms with E-state index in [1.54, 1.807) is 0 Å². The third-order valence-corrected chi connectivity index (χ3v) is 4.89. The van der Waals surface area contributed by atoms with Crippen LogP contribution in [0.4, 0.5) is 0 Å². The first kappa shape index (κ1) is 18.8. The van der Waals surface area contributed by atoms with E-state index < -0.39 is 0 Å². The zero-order chi connectivity index (χ0) is 15.7. The molecule has 1 aliphatic heterocycles. The van der Waals surface area contributed by atoms with Crippen LogP contribution in [-0.2, 0) is 6.54 Å². The molecule has 1 heterocycles. The van der Waals surface area contributed by atoms with Crippen molar-refractivity contribution < 1.29 is 0 Å². The monoisotopic (exact) mass is 412 g/mol. The summed E-state index contributed by atoms with van der Waals surface area (Å²) >= 11 is 0. The van der Waals surface area contributed by atoms with Gasteiger partial charge in [-0.25, -0.2) is 0 Å². The highest BCUT2D eigenvalue weighted by atomic mass is 127. The number of halogens is 1. The summed E-state index contributed by atoms with van der Waals surface area (Å²) in [6.45, 7) is 10.8. The van der Waals surface area contributed by atoms with Crippen LogP contribution in [0.5, 0.6) is 0 Å². The maximum Gasteiger partial charge on any atom is 0.194 e. The molecule has 1 aromatic rings. The summed E-state index contributed by atoms with van der Waals surface area (Å²) in [5, 5.41) is 12.2. The van der Waals surface area contributed by atoms with Crippen molar-refractivity contribution in [2.75, 3.05) is 13.6 Å². The van der Waals surface area contributed by atoms with Crippen LogP contribution in [0.1, 0.15) is 38.8 Å². The summed E-state index contributed by atoms with van der Waals surface area (Å²) in [5.41, 5.74) is 2.22. The third kappa shape index (κ3) is 3.37. The summed E-state index contributed by atoms with van der Waals surface area (Å²) in [6, 6.07) is 9.77. The fourth-order valence-corrected chi connectivity index (χ4v) is 2.57. The average Bonchev–Trinajstić information content (AvgIpc) is 2.47. The first-order valence-corrected chi connectivity index (χ1v) is 7.29. The third-order valence-electron chi connectivity index (χ3n) is 4.89. The minimum Gasteiger partial charge on any atom is -0.352 e. The Hall–Kier alpha value is -1.29. The maximum absolute atomic E-state index is 8.81. The number of nitriles is 1. The molecule has 0 amide bonds. The summed E-state index contributed by atoms with van der Waals surface area (Å²) in [6.07, 6.45) is 0. The second-order valence-electron chi connectivity index (χ2n) is 6.74. The fraction of sp³-hybridized carbons (Fsp3) is 0.529. The van der Waals surface area contributed by atoms with E-state index in [0.29, 0.717) is 17.5 Å². The van der Waals surface area contributed by atoms with Crippen molar-refractivity contribution in [1.29, 1.82) is 5.26 Å². The lowest BCUT2D eigenvalue weighted by Crippen LogP contribution is -2.72. The molecule has 5 heteroatoms. The summed E-state index contributed by atoms with van der Waals surface area (Å²) in [4.78, 5) is 6.72. The van der Waals surface area contributed by atoms with Crippen molar-refractivity contribution >= 4 is 29.9 Å². The molecule has 1 aliphatic rings. The topological polar surface area (TPSA) is 51.4 Å². The first-order valence-electron chi connectivity index (χ1n) is 7.29. The predicted octanol–water partition coefficient (Wildman–Crippen LogP) is 3.37. The Bertz CT molecular complexity index is 582. The van der Waals surface area contributed by atoms with Crippen LogP contribution in [0.15, 0.2) is 29.3 Å². The van der Waals surface area contributed by atoms with E-state index in [-0.39, 0.29) is 29.5 Å². The number of aliphatic imine (C=N–C) groups is 1. The van der Waals surface area contributed by atoms with Gasteiger partial charge in [0.05, 0.1) is 11.6 Å². The molecule has 1 fully saturated rings. The van der Waals surface area contributed by atoms with Crippen molar-refractivity contribution in [2.24, 2.45) is 10.4 Å². The standard InChI is InChI=1S/C17H24N4.HI/c1-16(2)12-21(17(16,3)4)15(19-5)20-11-14-8-6-13(10-18)7-9-14;/h6-9H,11-12H2,1-5H3,(H,19,20);1H. The van der Waals surface area contributed by atoms with Crippen LogP contribution in [0.2, 0.25) is 0 Å². The van der Waals surface area contributed by atoms with Crippen LogP contribution in [0.25, 0.3) is 0 Å². The van der Waals surface area contributed by atoms with Gasteiger partial charge in [-0.05, 0) is 31.5 Å². The molecule has 0 unspecified atom stereocenters.